The summed E-state index contributed by atoms with van der Waals surface area (Å²) in [6.07, 6.45) is 0. The molecule has 21 heavy (non-hydrogen) atoms. The van der Waals surface area contributed by atoms with Crippen molar-refractivity contribution in [3.63, 3.8) is 0 Å². The molecule has 0 aliphatic heterocycles. The lowest BCUT2D eigenvalue weighted by Crippen LogP contribution is -2.23. The van der Waals surface area contributed by atoms with E-state index in [2.05, 4.69) is 9.71 Å². The van der Waals surface area contributed by atoms with Gasteiger partial charge in [0.2, 0.25) is 10.0 Å². The van der Waals surface area contributed by atoms with E-state index in [0.717, 1.165) is 22.5 Å². The van der Waals surface area contributed by atoms with Crippen molar-refractivity contribution in [2.24, 2.45) is 0 Å². The first-order valence-corrected chi connectivity index (χ1v) is 8.40. The van der Waals surface area contributed by atoms with Gasteiger partial charge in [0.1, 0.15) is 5.01 Å². The molecule has 0 spiro atoms. The Bertz CT molecular complexity index is 781. The molecular formula is C13H14N2O4S2. The van der Waals surface area contributed by atoms with Crippen molar-refractivity contribution in [1.29, 1.82) is 0 Å². The predicted molar refractivity (Wildman–Crippen MR) is 79.0 cm³/mol. The van der Waals surface area contributed by atoms with E-state index < -0.39 is 16.0 Å². The van der Waals surface area contributed by atoms with Crippen molar-refractivity contribution in [1.82, 2.24) is 9.71 Å². The van der Waals surface area contributed by atoms with Gasteiger partial charge >= 0.3 is 5.97 Å². The molecule has 0 atom stereocenters. The van der Waals surface area contributed by atoms with Gasteiger partial charge in [-0.3, -0.25) is 0 Å². The first kappa shape index (κ1) is 15.6. The molecule has 2 rings (SSSR count). The molecule has 0 saturated heterocycles. The predicted octanol–water partition coefficient (Wildman–Crippen LogP) is 1.94. The van der Waals surface area contributed by atoms with Gasteiger partial charge in [-0.15, -0.1) is 11.3 Å². The standard InChI is InChI=1S/C13H14N2O4S2/c1-8-3-4-10(5-9(8)2)21(18,19)14-6-12-15-11(7-20-12)13(16)17/h3-5,7,14H,6H2,1-2H3,(H,16,17). The molecule has 0 amide bonds. The Labute approximate surface area is 126 Å². The SMILES string of the molecule is Cc1ccc(S(=O)(=O)NCc2nc(C(=O)O)cs2)cc1C. The highest BCUT2D eigenvalue weighted by atomic mass is 32.2. The Morgan fingerprint density at radius 1 is 1.33 bits per heavy atom. The minimum Gasteiger partial charge on any atom is -0.476 e. The maximum Gasteiger partial charge on any atom is 0.355 e. The quantitative estimate of drug-likeness (QED) is 0.875. The van der Waals surface area contributed by atoms with Crippen molar-refractivity contribution in [3.05, 3.63) is 45.4 Å². The van der Waals surface area contributed by atoms with Crippen molar-refractivity contribution in [2.45, 2.75) is 25.3 Å². The molecule has 112 valence electrons. The number of sulfonamides is 1. The number of aromatic nitrogens is 1. The van der Waals surface area contributed by atoms with Crippen LogP contribution in [-0.4, -0.2) is 24.5 Å². The smallest absolute Gasteiger partial charge is 0.355 e. The third-order valence-corrected chi connectivity index (χ3v) is 5.22. The normalized spacial score (nSPS) is 11.5. The fraction of sp³-hybridized carbons (Fsp3) is 0.231. The summed E-state index contributed by atoms with van der Waals surface area (Å²) < 4.78 is 26.7. The number of hydrogen-bond donors (Lipinski definition) is 2. The van der Waals surface area contributed by atoms with Gasteiger partial charge in [-0.25, -0.2) is 22.9 Å². The van der Waals surface area contributed by atoms with Crippen LogP contribution in [0.15, 0.2) is 28.5 Å². The molecule has 0 aliphatic rings. The molecule has 0 fully saturated rings. The molecular weight excluding hydrogens is 312 g/mol. The average Bonchev–Trinajstić information content (AvgIpc) is 2.89. The highest BCUT2D eigenvalue weighted by Crippen LogP contribution is 2.16. The molecule has 8 heteroatoms. The molecule has 2 aromatic rings. The van der Waals surface area contributed by atoms with E-state index in [9.17, 15) is 13.2 Å². The van der Waals surface area contributed by atoms with Crippen LogP contribution in [0.25, 0.3) is 0 Å². The molecule has 1 heterocycles. The van der Waals surface area contributed by atoms with Gasteiger partial charge in [0.15, 0.2) is 5.69 Å². The van der Waals surface area contributed by atoms with E-state index >= 15 is 0 Å². The van der Waals surface area contributed by atoms with Crippen LogP contribution in [0, 0.1) is 13.8 Å². The number of carbonyl (C=O) groups is 1. The summed E-state index contributed by atoms with van der Waals surface area (Å²) in [5.41, 5.74) is 1.82. The van der Waals surface area contributed by atoms with Gasteiger partial charge in [0.25, 0.3) is 0 Å². The zero-order valence-electron chi connectivity index (χ0n) is 11.5. The lowest BCUT2D eigenvalue weighted by Gasteiger charge is -2.07. The maximum absolute atomic E-state index is 12.2. The fourth-order valence-corrected chi connectivity index (χ4v) is 3.48. The summed E-state index contributed by atoms with van der Waals surface area (Å²) >= 11 is 1.10. The number of nitrogens with one attached hydrogen (secondary N) is 1. The second kappa shape index (κ2) is 5.92. The number of hydrogen-bond acceptors (Lipinski definition) is 5. The van der Waals surface area contributed by atoms with Gasteiger partial charge in [-0.1, -0.05) is 6.07 Å². The van der Waals surface area contributed by atoms with Crippen LogP contribution in [0.3, 0.4) is 0 Å². The topological polar surface area (TPSA) is 96.4 Å². The highest BCUT2D eigenvalue weighted by Gasteiger charge is 2.16. The summed E-state index contributed by atoms with van der Waals surface area (Å²) in [5, 5.41) is 10.5. The van der Waals surface area contributed by atoms with Crippen molar-refractivity contribution in [2.75, 3.05) is 0 Å². The second-order valence-electron chi connectivity index (χ2n) is 4.50. The van der Waals surface area contributed by atoms with Crippen molar-refractivity contribution in [3.8, 4) is 0 Å². The fourth-order valence-electron chi connectivity index (χ4n) is 1.61. The second-order valence-corrected chi connectivity index (χ2v) is 7.21. The monoisotopic (exact) mass is 326 g/mol. The number of aromatic carboxylic acids is 1. The summed E-state index contributed by atoms with van der Waals surface area (Å²) in [5.74, 6) is -1.13. The largest absolute Gasteiger partial charge is 0.476 e. The van der Waals surface area contributed by atoms with Crippen LogP contribution >= 0.6 is 11.3 Å². The van der Waals surface area contributed by atoms with E-state index in [0.29, 0.717) is 5.01 Å². The van der Waals surface area contributed by atoms with E-state index in [1.807, 2.05) is 13.8 Å². The molecule has 1 aromatic carbocycles. The minimum absolute atomic E-state index is 0.0345. The minimum atomic E-state index is -3.64. The number of carboxylic acid groups (broad SMARTS) is 1. The molecule has 0 saturated carbocycles. The first-order valence-electron chi connectivity index (χ1n) is 6.04. The Morgan fingerprint density at radius 3 is 2.62 bits per heavy atom. The van der Waals surface area contributed by atoms with Gasteiger partial charge in [-0.05, 0) is 37.1 Å². The number of aryl methyl sites for hydroxylation is 2. The molecule has 0 bridgehead atoms. The Balaban J connectivity index is 2.13. The lowest BCUT2D eigenvalue weighted by molar-refractivity contribution is 0.0691. The average molecular weight is 326 g/mol. The molecule has 6 nitrogen and oxygen atoms in total. The van der Waals surface area contributed by atoms with Gasteiger partial charge in [0.05, 0.1) is 11.4 Å². The maximum atomic E-state index is 12.2. The molecule has 1 aromatic heterocycles. The van der Waals surface area contributed by atoms with Crippen LogP contribution in [-0.2, 0) is 16.6 Å². The molecule has 0 radical (unpaired) electrons. The number of benzene rings is 1. The number of thiazole rings is 1. The van der Waals surface area contributed by atoms with Crippen LogP contribution in [0.5, 0.6) is 0 Å². The number of nitrogens with zero attached hydrogens (tertiary/aromatic N) is 1. The zero-order valence-corrected chi connectivity index (χ0v) is 13.1. The Morgan fingerprint density at radius 2 is 2.05 bits per heavy atom. The summed E-state index contributed by atoms with van der Waals surface area (Å²) in [6, 6.07) is 4.88. The molecule has 0 aliphatic carbocycles. The van der Waals surface area contributed by atoms with Crippen LogP contribution in [0.2, 0.25) is 0 Å². The zero-order chi connectivity index (χ0) is 15.6. The third-order valence-electron chi connectivity index (χ3n) is 2.97. The van der Waals surface area contributed by atoms with Crippen molar-refractivity contribution < 1.29 is 18.3 Å². The van der Waals surface area contributed by atoms with Crippen molar-refractivity contribution >= 4 is 27.3 Å². The van der Waals surface area contributed by atoms with E-state index in [-0.39, 0.29) is 17.1 Å². The van der Waals surface area contributed by atoms with Gasteiger partial charge in [0, 0.05) is 5.38 Å². The summed E-state index contributed by atoms with van der Waals surface area (Å²) in [4.78, 5) is 14.7. The van der Waals surface area contributed by atoms with Gasteiger partial charge in [-0.2, -0.15) is 0 Å². The van der Waals surface area contributed by atoms with E-state index in [4.69, 9.17) is 5.11 Å². The number of carboxylic acids is 1. The van der Waals surface area contributed by atoms with Crippen LogP contribution < -0.4 is 4.72 Å². The van der Waals surface area contributed by atoms with E-state index in [1.54, 1.807) is 12.1 Å². The first-order chi connectivity index (χ1) is 9.79. The Hall–Kier alpha value is -1.77. The van der Waals surface area contributed by atoms with Gasteiger partial charge < -0.3 is 5.11 Å². The summed E-state index contributed by atoms with van der Waals surface area (Å²) in [6.45, 7) is 3.71. The lowest BCUT2D eigenvalue weighted by atomic mass is 10.1. The third kappa shape index (κ3) is 3.66. The number of rotatable bonds is 5. The molecule has 0 unspecified atom stereocenters. The Kier molecular flexibility index (Phi) is 4.40. The summed E-state index contributed by atoms with van der Waals surface area (Å²) in [7, 11) is -3.64. The van der Waals surface area contributed by atoms with Crippen LogP contribution in [0.4, 0.5) is 0 Å². The van der Waals surface area contributed by atoms with E-state index in [1.165, 1.54) is 11.4 Å². The molecule has 2 N–H and O–H groups in total. The highest BCUT2D eigenvalue weighted by molar-refractivity contribution is 7.89. The van der Waals surface area contributed by atoms with Crippen LogP contribution in [0.1, 0.15) is 26.6 Å².